The third-order valence-electron chi connectivity index (χ3n) is 3.41. The van der Waals surface area contributed by atoms with Crippen molar-refractivity contribution in [2.24, 2.45) is 0 Å². The van der Waals surface area contributed by atoms with Crippen molar-refractivity contribution in [2.45, 2.75) is 37.3 Å². The lowest BCUT2D eigenvalue weighted by Gasteiger charge is -2.08. The van der Waals surface area contributed by atoms with Gasteiger partial charge in [-0.15, -0.1) is 0 Å². The van der Waals surface area contributed by atoms with Gasteiger partial charge in [-0.25, -0.2) is 9.97 Å². The van der Waals surface area contributed by atoms with E-state index >= 15 is 0 Å². The molecule has 0 saturated heterocycles. The zero-order chi connectivity index (χ0) is 16.4. The molecule has 4 nitrogen and oxygen atoms in total. The molecular formula is C15H15ClF2N4S. The van der Waals surface area contributed by atoms with Gasteiger partial charge in [0.2, 0.25) is 0 Å². The Kier molecular flexibility index (Phi) is 4.87. The Labute approximate surface area is 141 Å². The normalized spacial score (nSPS) is 11.7. The fraction of sp³-hybridized carbons (Fsp3) is 0.333. The van der Waals surface area contributed by atoms with Gasteiger partial charge in [-0.2, -0.15) is 8.78 Å². The van der Waals surface area contributed by atoms with Crippen molar-refractivity contribution >= 4 is 34.4 Å². The Morgan fingerprint density at radius 1 is 1.35 bits per heavy atom. The number of hydrogen-bond donors (Lipinski definition) is 0. The third-order valence-corrected chi connectivity index (χ3v) is 4.62. The zero-order valence-corrected chi connectivity index (χ0v) is 14.0. The van der Waals surface area contributed by atoms with Gasteiger partial charge in [0.25, 0.3) is 0 Å². The summed E-state index contributed by atoms with van der Waals surface area (Å²) in [7, 11) is 0. The summed E-state index contributed by atoms with van der Waals surface area (Å²) in [6, 6.07) is 5.58. The average Bonchev–Trinajstić information content (AvgIpc) is 3.10. The second-order valence-corrected chi connectivity index (χ2v) is 6.38. The first-order chi connectivity index (χ1) is 11.1. The van der Waals surface area contributed by atoms with Crippen molar-refractivity contribution in [1.82, 2.24) is 19.1 Å². The number of rotatable bonds is 6. The SMILES string of the molecule is CCCn1c(SCc2nccn2C(F)F)nc2cc(Cl)ccc21. The molecule has 0 spiro atoms. The van der Waals surface area contributed by atoms with Gasteiger partial charge in [-0.05, 0) is 24.6 Å². The molecule has 0 N–H and O–H groups in total. The van der Waals surface area contributed by atoms with Gasteiger partial charge in [-0.3, -0.25) is 4.57 Å². The largest absolute Gasteiger partial charge is 0.319 e. The molecule has 23 heavy (non-hydrogen) atoms. The standard InChI is InChI=1S/C15H15ClF2N4S/c1-2-6-21-12-4-3-10(16)8-11(12)20-15(21)23-9-13-19-5-7-22(13)14(17)18/h3-5,7-8,14H,2,6,9H2,1H3. The van der Waals surface area contributed by atoms with Gasteiger partial charge >= 0.3 is 6.55 Å². The molecule has 0 unspecified atom stereocenters. The van der Waals surface area contributed by atoms with Crippen molar-refractivity contribution in [1.29, 1.82) is 0 Å². The smallest absolute Gasteiger partial charge is 0.319 e. The predicted molar refractivity (Wildman–Crippen MR) is 88.1 cm³/mol. The first kappa shape index (κ1) is 16.3. The van der Waals surface area contributed by atoms with E-state index in [9.17, 15) is 8.78 Å². The van der Waals surface area contributed by atoms with E-state index in [1.807, 2.05) is 18.2 Å². The Bertz CT molecular complexity index is 815. The van der Waals surface area contributed by atoms with Crippen LogP contribution in [0.1, 0.15) is 25.7 Å². The van der Waals surface area contributed by atoms with Crippen LogP contribution in [0.2, 0.25) is 5.02 Å². The van der Waals surface area contributed by atoms with E-state index in [0.29, 0.717) is 16.6 Å². The van der Waals surface area contributed by atoms with Gasteiger partial charge in [0.05, 0.1) is 16.8 Å². The van der Waals surface area contributed by atoms with E-state index in [4.69, 9.17) is 11.6 Å². The maximum Gasteiger partial charge on any atom is 0.319 e. The number of imidazole rings is 2. The minimum Gasteiger partial charge on any atom is -0.319 e. The van der Waals surface area contributed by atoms with E-state index in [0.717, 1.165) is 33.7 Å². The molecule has 0 aliphatic carbocycles. The van der Waals surface area contributed by atoms with Crippen LogP contribution in [-0.2, 0) is 12.3 Å². The summed E-state index contributed by atoms with van der Waals surface area (Å²) in [5.41, 5.74) is 1.81. The van der Waals surface area contributed by atoms with Crippen LogP contribution in [0.4, 0.5) is 8.78 Å². The first-order valence-corrected chi connectivity index (χ1v) is 8.55. The second kappa shape index (κ2) is 6.88. The molecule has 3 rings (SSSR count). The highest BCUT2D eigenvalue weighted by atomic mass is 35.5. The molecule has 1 aromatic carbocycles. The Morgan fingerprint density at radius 2 is 2.17 bits per heavy atom. The first-order valence-electron chi connectivity index (χ1n) is 7.18. The fourth-order valence-corrected chi connectivity index (χ4v) is 3.55. The molecule has 0 amide bonds. The van der Waals surface area contributed by atoms with E-state index in [1.54, 1.807) is 0 Å². The van der Waals surface area contributed by atoms with Crippen LogP contribution in [0.15, 0.2) is 35.7 Å². The quantitative estimate of drug-likeness (QED) is 0.584. The fourth-order valence-electron chi connectivity index (χ4n) is 2.39. The van der Waals surface area contributed by atoms with Gasteiger partial charge in [0.1, 0.15) is 5.82 Å². The minimum absolute atomic E-state index is 0.331. The second-order valence-electron chi connectivity index (χ2n) is 5.00. The molecule has 2 heterocycles. The van der Waals surface area contributed by atoms with Gasteiger partial charge in [0, 0.05) is 24.0 Å². The number of hydrogen-bond acceptors (Lipinski definition) is 3. The number of fused-ring (bicyclic) bond motifs is 1. The number of aryl methyl sites for hydroxylation is 1. The zero-order valence-electron chi connectivity index (χ0n) is 12.4. The highest BCUT2D eigenvalue weighted by Gasteiger charge is 2.15. The summed E-state index contributed by atoms with van der Waals surface area (Å²) >= 11 is 7.42. The maximum atomic E-state index is 12.9. The number of nitrogens with zero attached hydrogens (tertiary/aromatic N) is 4. The summed E-state index contributed by atoms with van der Waals surface area (Å²) in [5, 5.41) is 1.41. The molecule has 0 bridgehead atoms. The van der Waals surface area contributed by atoms with Crippen LogP contribution >= 0.6 is 23.4 Å². The Balaban J connectivity index is 1.89. The van der Waals surface area contributed by atoms with E-state index in [-0.39, 0.29) is 0 Å². The molecule has 0 aliphatic rings. The van der Waals surface area contributed by atoms with Crippen molar-refractivity contribution < 1.29 is 8.78 Å². The van der Waals surface area contributed by atoms with Crippen molar-refractivity contribution in [3.63, 3.8) is 0 Å². The predicted octanol–water partition coefficient (Wildman–Crippen LogP) is 4.98. The molecule has 0 saturated carbocycles. The number of benzene rings is 1. The Hall–Kier alpha value is -1.60. The van der Waals surface area contributed by atoms with E-state index < -0.39 is 6.55 Å². The number of halogens is 3. The molecule has 8 heteroatoms. The molecule has 122 valence electrons. The lowest BCUT2D eigenvalue weighted by atomic mass is 10.3. The molecule has 0 aliphatic heterocycles. The van der Waals surface area contributed by atoms with Gasteiger partial charge in [0.15, 0.2) is 5.16 Å². The number of aromatic nitrogens is 4. The maximum absolute atomic E-state index is 12.9. The monoisotopic (exact) mass is 356 g/mol. The highest BCUT2D eigenvalue weighted by Crippen LogP contribution is 2.29. The van der Waals surface area contributed by atoms with E-state index in [1.165, 1.54) is 24.2 Å². The topological polar surface area (TPSA) is 35.6 Å². The lowest BCUT2D eigenvalue weighted by molar-refractivity contribution is 0.0678. The highest BCUT2D eigenvalue weighted by molar-refractivity contribution is 7.98. The molecule has 2 aromatic heterocycles. The Morgan fingerprint density at radius 3 is 2.91 bits per heavy atom. The van der Waals surface area contributed by atoms with Crippen molar-refractivity contribution in [3.05, 3.63) is 41.4 Å². The van der Waals surface area contributed by atoms with Crippen LogP contribution in [0.25, 0.3) is 11.0 Å². The summed E-state index contributed by atoms with van der Waals surface area (Å²) in [4.78, 5) is 8.58. The molecule has 0 fully saturated rings. The third kappa shape index (κ3) is 3.35. The van der Waals surface area contributed by atoms with Gasteiger partial charge < -0.3 is 4.57 Å². The average molecular weight is 357 g/mol. The van der Waals surface area contributed by atoms with Crippen LogP contribution < -0.4 is 0 Å². The van der Waals surface area contributed by atoms with Gasteiger partial charge in [-0.1, -0.05) is 30.3 Å². The van der Waals surface area contributed by atoms with Crippen LogP contribution in [0.5, 0.6) is 0 Å². The lowest BCUT2D eigenvalue weighted by Crippen LogP contribution is -2.03. The van der Waals surface area contributed by atoms with Crippen LogP contribution in [0.3, 0.4) is 0 Å². The number of thioether (sulfide) groups is 1. The van der Waals surface area contributed by atoms with Crippen molar-refractivity contribution in [2.75, 3.05) is 0 Å². The molecule has 0 radical (unpaired) electrons. The summed E-state index contributed by atoms with van der Waals surface area (Å²) in [6.45, 7) is 0.310. The summed E-state index contributed by atoms with van der Waals surface area (Å²) in [6.07, 6.45) is 3.62. The molecule has 0 atom stereocenters. The number of alkyl halides is 2. The van der Waals surface area contributed by atoms with Crippen LogP contribution in [-0.4, -0.2) is 19.1 Å². The summed E-state index contributed by atoms with van der Waals surface area (Å²) < 4.78 is 28.7. The van der Waals surface area contributed by atoms with E-state index in [2.05, 4.69) is 21.5 Å². The minimum atomic E-state index is -2.58. The van der Waals surface area contributed by atoms with Crippen LogP contribution in [0, 0.1) is 0 Å². The summed E-state index contributed by atoms with van der Waals surface area (Å²) in [5.74, 6) is 0.663. The molecular weight excluding hydrogens is 342 g/mol. The van der Waals surface area contributed by atoms with Crippen molar-refractivity contribution in [3.8, 4) is 0 Å². The molecule has 3 aromatic rings.